The van der Waals surface area contributed by atoms with Gasteiger partial charge in [-0.15, -0.1) is 0 Å². The predicted molar refractivity (Wildman–Crippen MR) is 71.3 cm³/mol. The minimum atomic E-state index is 0.223. The lowest BCUT2D eigenvalue weighted by Crippen LogP contribution is -2.40. The number of aryl methyl sites for hydroxylation is 2. The molecule has 1 N–H and O–H groups in total. The van der Waals surface area contributed by atoms with Gasteiger partial charge in [-0.1, -0.05) is 37.1 Å². The van der Waals surface area contributed by atoms with Crippen LogP contribution in [0.15, 0.2) is 18.2 Å². The molecule has 1 fully saturated rings. The van der Waals surface area contributed by atoms with Gasteiger partial charge in [0.05, 0.1) is 12.2 Å². The highest BCUT2D eigenvalue weighted by molar-refractivity contribution is 5.32. The lowest BCUT2D eigenvalue weighted by atomic mass is 9.99. The second kappa shape index (κ2) is 5.65. The van der Waals surface area contributed by atoms with Crippen molar-refractivity contribution in [3.05, 3.63) is 34.9 Å². The summed E-state index contributed by atoms with van der Waals surface area (Å²) in [5.74, 6) is 0. The van der Waals surface area contributed by atoms with Crippen LogP contribution in [0.25, 0.3) is 0 Å². The van der Waals surface area contributed by atoms with E-state index in [0.717, 1.165) is 19.5 Å². The quantitative estimate of drug-likeness (QED) is 0.866. The minimum Gasteiger partial charge on any atom is -0.368 e. The third-order valence-corrected chi connectivity index (χ3v) is 3.44. The summed E-state index contributed by atoms with van der Waals surface area (Å²) in [4.78, 5) is 0. The van der Waals surface area contributed by atoms with E-state index in [4.69, 9.17) is 4.74 Å². The molecule has 0 aromatic heterocycles. The van der Waals surface area contributed by atoms with Crippen LogP contribution in [-0.4, -0.2) is 19.2 Å². The molecule has 1 aromatic carbocycles. The molecule has 0 amide bonds. The van der Waals surface area contributed by atoms with E-state index in [9.17, 15) is 0 Å². The summed E-state index contributed by atoms with van der Waals surface area (Å²) < 4.78 is 6.17. The highest BCUT2D eigenvalue weighted by atomic mass is 16.5. The molecule has 2 unspecified atom stereocenters. The number of morpholine rings is 1. The molecular formula is C15H23NO. The van der Waals surface area contributed by atoms with Crippen molar-refractivity contribution in [2.24, 2.45) is 0 Å². The molecule has 2 heteroatoms. The van der Waals surface area contributed by atoms with Gasteiger partial charge < -0.3 is 10.1 Å². The normalized spacial score (nSPS) is 24.9. The Morgan fingerprint density at radius 1 is 1.29 bits per heavy atom. The second-order valence-corrected chi connectivity index (χ2v) is 5.05. The first-order valence-corrected chi connectivity index (χ1v) is 6.64. The van der Waals surface area contributed by atoms with E-state index in [1.54, 1.807) is 0 Å². The maximum absolute atomic E-state index is 6.17. The molecule has 2 nitrogen and oxygen atoms in total. The zero-order valence-corrected chi connectivity index (χ0v) is 11.1. The van der Waals surface area contributed by atoms with Gasteiger partial charge in [-0.05, 0) is 31.4 Å². The first kappa shape index (κ1) is 12.6. The third kappa shape index (κ3) is 3.08. The molecule has 0 aliphatic carbocycles. The van der Waals surface area contributed by atoms with Gasteiger partial charge in [0.1, 0.15) is 0 Å². The Balaban J connectivity index is 2.10. The molecule has 2 atom stereocenters. The molecule has 1 aromatic rings. The summed E-state index contributed by atoms with van der Waals surface area (Å²) in [6.07, 6.45) is 2.93. The van der Waals surface area contributed by atoms with Crippen molar-refractivity contribution in [2.75, 3.05) is 13.1 Å². The van der Waals surface area contributed by atoms with Crippen LogP contribution in [-0.2, 0) is 4.74 Å². The van der Waals surface area contributed by atoms with E-state index in [-0.39, 0.29) is 6.10 Å². The average molecular weight is 233 g/mol. The molecule has 0 saturated carbocycles. The molecule has 0 bridgehead atoms. The van der Waals surface area contributed by atoms with Crippen LogP contribution in [0.3, 0.4) is 0 Å². The number of rotatable bonds is 3. The van der Waals surface area contributed by atoms with Crippen LogP contribution in [0.5, 0.6) is 0 Å². The van der Waals surface area contributed by atoms with E-state index >= 15 is 0 Å². The van der Waals surface area contributed by atoms with Crippen molar-refractivity contribution >= 4 is 0 Å². The van der Waals surface area contributed by atoms with Crippen LogP contribution < -0.4 is 5.32 Å². The van der Waals surface area contributed by atoms with Crippen molar-refractivity contribution in [1.29, 1.82) is 0 Å². The molecular weight excluding hydrogens is 210 g/mol. The lowest BCUT2D eigenvalue weighted by molar-refractivity contribution is -0.0427. The summed E-state index contributed by atoms with van der Waals surface area (Å²) in [5.41, 5.74) is 4.00. The number of hydrogen-bond donors (Lipinski definition) is 1. The van der Waals surface area contributed by atoms with Gasteiger partial charge in [-0.25, -0.2) is 0 Å². The van der Waals surface area contributed by atoms with Crippen LogP contribution >= 0.6 is 0 Å². The van der Waals surface area contributed by atoms with Crippen molar-refractivity contribution < 1.29 is 4.74 Å². The van der Waals surface area contributed by atoms with Crippen LogP contribution in [0, 0.1) is 13.8 Å². The summed E-state index contributed by atoms with van der Waals surface area (Å²) >= 11 is 0. The molecule has 2 rings (SSSR count). The summed E-state index contributed by atoms with van der Waals surface area (Å²) in [7, 11) is 0. The fraction of sp³-hybridized carbons (Fsp3) is 0.600. The Bertz CT molecular complexity index is 373. The topological polar surface area (TPSA) is 21.3 Å². The lowest BCUT2D eigenvalue weighted by Gasteiger charge is -2.32. The number of nitrogens with one attached hydrogen (secondary N) is 1. The average Bonchev–Trinajstić information content (AvgIpc) is 2.29. The van der Waals surface area contributed by atoms with Crippen LogP contribution in [0.1, 0.15) is 42.6 Å². The van der Waals surface area contributed by atoms with Crippen LogP contribution in [0.2, 0.25) is 0 Å². The third-order valence-electron chi connectivity index (χ3n) is 3.44. The summed E-state index contributed by atoms with van der Waals surface area (Å²) in [6, 6.07) is 6.63. The SMILES string of the molecule is CCCC1CNCC(c2ccc(C)cc2C)O1. The van der Waals surface area contributed by atoms with Gasteiger partial charge in [0.15, 0.2) is 0 Å². The number of hydrogen-bond acceptors (Lipinski definition) is 2. The van der Waals surface area contributed by atoms with Gasteiger partial charge in [0.25, 0.3) is 0 Å². The molecule has 1 saturated heterocycles. The van der Waals surface area contributed by atoms with E-state index in [1.807, 2.05) is 0 Å². The summed E-state index contributed by atoms with van der Waals surface area (Å²) in [6.45, 7) is 8.45. The predicted octanol–water partition coefficient (Wildman–Crippen LogP) is 3.13. The monoisotopic (exact) mass is 233 g/mol. The first-order chi connectivity index (χ1) is 8.20. The smallest absolute Gasteiger partial charge is 0.0956 e. The van der Waals surface area contributed by atoms with Gasteiger partial charge in [-0.2, -0.15) is 0 Å². The Labute approximate surface area is 104 Å². The van der Waals surface area contributed by atoms with Crippen molar-refractivity contribution in [1.82, 2.24) is 5.32 Å². The van der Waals surface area contributed by atoms with Crippen molar-refractivity contribution in [2.45, 2.75) is 45.8 Å². The molecule has 1 aliphatic rings. The Morgan fingerprint density at radius 3 is 2.82 bits per heavy atom. The largest absolute Gasteiger partial charge is 0.368 e. The molecule has 0 radical (unpaired) electrons. The molecule has 1 heterocycles. The second-order valence-electron chi connectivity index (χ2n) is 5.05. The fourth-order valence-electron chi connectivity index (χ4n) is 2.57. The van der Waals surface area contributed by atoms with E-state index in [0.29, 0.717) is 6.10 Å². The fourth-order valence-corrected chi connectivity index (χ4v) is 2.57. The first-order valence-electron chi connectivity index (χ1n) is 6.64. The molecule has 94 valence electrons. The van der Waals surface area contributed by atoms with Crippen molar-refractivity contribution in [3.8, 4) is 0 Å². The molecule has 1 aliphatic heterocycles. The molecule has 17 heavy (non-hydrogen) atoms. The standard InChI is InChI=1S/C15H23NO/c1-4-5-13-9-16-10-15(17-13)14-7-6-11(2)8-12(14)3/h6-8,13,15-16H,4-5,9-10H2,1-3H3. The maximum atomic E-state index is 6.17. The van der Waals surface area contributed by atoms with Crippen LogP contribution in [0.4, 0.5) is 0 Å². The van der Waals surface area contributed by atoms with Gasteiger partial charge in [0.2, 0.25) is 0 Å². The van der Waals surface area contributed by atoms with Crippen molar-refractivity contribution in [3.63, 3.8) is 0 Å². The van der Waals surface area contributed by atoms with E-state index < -0.39 is 0 Å². The minimum absolute atomic E-state index is 0.223. The number of benzene rings is 1. The molecule has 0 spiro atoms. The number of ether oxygens (including phenoxy) is 1. The maximum Gasteiger partial charge on any atom is 0.0956 e. The highest BCUT2D eigenvalue weighted by Crippen LogP contribution is 2.26. The van der Waals surface area contributed by atoms with Gasteiger partial charge in [0, 0.05) is 13.1 Å². The Hall–Kier alpha value is -0.860. The Morgan fingerprint density at radius 2 is 2.12 bits per heavy atom. The zero-order valence-electron chi connectivity index (χ0n) is 11.1. The zero-order chi connectivity index (χ0) is 12.3. The Kier molecular flexibility index (Phi) is 4.19. The van der Waals surface area contributed by atoms with Gasteiger partial charge >= 0.3 is 0 Å². The van der Waals surface area contributed by atoms with E-state index in [1.165, 1.54) is 23.1 Å². The van der Waals surface area contributed by atoms with Gasteiger partial charge in [-0.3, -0.25) is 0 Å². The highest BCUT2D eigenvalue weighted by Gasteiger charge is 2.23. The summed E-state index contributed by atoms with van der Waals surface area (Å²) in [5, 5.41) is 3.49. The van der Waals surface area contributed by atoms with E-state index in [2.05, 4.69) is 44.3 Å².